The molecule has 0 spiro atoms. The molecule has 0 radical (unpaired) electrons. The Kier molecular flexibility index (Phi) is 8.79. The van der Waals surface area contributed by atoms with Gasteiger partial charge in [-0.2, -0.15) is 0 Å². The molecule has 1 fully saturated rings. The van der Waals surface area contributed by atoms with E-state index in [9.17, 15) is 9.59 Å². The molecule has 1 aromatic carbocycles. The smallest absolute Gasteiger partial charge is 0.252 e. The van der Waals surface area contributed by atoms with Crippen LogP contribution in [0.2, 0.25) is 0 Å². The van der Waals surface area contributed by atoms with E-state index in [1.165, 1.54) is 32.4 Å². The van der Waals surface area contributed by atoms with Gasteiger partial charge in [-0.3, -0.25) is 9.59 Å². The first-order valence-corrected chi connectivity index (χ1v) is 10.3. The number of carbonyl (C=O) groups excluding carboxylic acids is 2. The molecule has 1 atom stereocenters. The molecule has 2 rings (SSSR count). The summed E-state index contributed by atoms with van der Waals surface area (Å²) in [5.41, 5.74) is 1.55. The van der Waals surface area contributed by atoms with Gasteiger partial charge in [0.25, 0.3) is 5.91 Å². The molecule has 2 N–H and O–H groups in total. The second-order valence-electron chi connectivity index (χ2n) is 8.02. The number of likely N-dealkylation sites (tertiary alicyclic amines) is 1. The summed E-state index contributed by atoms with van der Waals surface area (Å²) in [4.78, 5) is 27.7. The second-order valence-corrected chi connectivity index (χ2v) is 8.02. The molecular weight excluding hydrogens is 338 g/mol. The minimum atomic E-state index is -0.493. The molecule has 1 unspecified atom stereocenters. The largest absolute Gasteiger partial charge is 0.354 e. The van der Waals surface area contributed by atoms with Gasteiger partial charge in [0.15, 0.2) is 0 Å². The number of amides is 2. The van der Waals surface area contributed by atoms with Crippen LogP contribution in [0, 0.1) is 12.8 Å². The highest BCUT2D eigenvalue weighted by Crippen LogP contribution is 2.11. The fraction of sp³-hybridized carbons (Fsp3) is 0.636. The molecular formula is C22H35N3O2. The van der Waals surface area contributed by atoms with Crippen LogP contribution in [0.1, 0.15) is 61.9 Å². The molecule has 1 saturated heterocycles. The summed E-state index contributed by atoms with van der Waals surface area (Å²) in [5, 5.41) is 5.95. The van der Waals surface area contributed by atoms with Gasteiger partial charge in [0.2, 0.25) is 5.91 Å². The Morgan fingerprint density at radius 1 is 1.11 bits per heavy atom. The van der Waals surface area contributed by atoms with Gasteiger partial charge in [0.1, 0.15) is 6.04 Å². The van der Waals surface area contributed by atoms with Gasteiger partial charge in [-0.15, -0.1) is 0 Å². The summed E-state index contributed by atoms with van der Waals surface area (Å²) >= 11 is 0. The van der Waals surface area contributed by atoms with E-state index >= 15 is 0 Å². The summed E-state index contributed by atoms with van der Waals surface area (Å²) < 4.78 is 0. The molecule has 2 amide bonds. The third-order valence-corrected chi connectivity index (χ3v) is 5.12. The van der Waals surface area contributed by atoms with Crippen LogP contribution in [0.25, 0.3) is 0 Å². The molecule has 0 aliphatic carbocycles. The average Bonchev–Trinajstić information content (AvgIpc) is 2.65. The number of carbonyl (C=O) groups is 2. The minimum Gasteiger partial charge on any atom is -0.354 e. The van der Waals surface area contributed by atoms with Crippen molar-refractivity contribution in [3.8, 4) is 0 Å². The van der Waals surface area contributed by atoms with Crippen molar-refractivity contribution in [3.05, 3.63) is 35.4 Å². The monoisotopic (exact) mass is 373 g/mol. The maximum Gasteiger partial charge on any atom is 0.252 e. The lowest BCUT2D eigenvalue weighted by Gasteiger charge is -2.26. The molecule has 27 heavy (non-hydrogen) atoms. The molecule has 1 aromatic rings. The van der Waals surface area contributed by atoms with E-state index < -0.39 is 6.04 Å². The second kappa shape index (κ2) is 11.1. The maximum absolute atomic E-state index is 12.6. The van der Waals surface area contributed by atoms with Crippen molar-refractivity contribution in [3.63, 3.8) is 0 Å². The zero-order valence-corrected chi connectivity index (χ0v) is 17.1. The van der Waals surface area contributed by atoms with Crippen molar-refractivity contribution in [2.75, 3.05) is 26.2 Å². The SMILES string of the molecule is Cc1ccccc1C(=O)NC(CC(C)C)C(=O)NCCCN1CCCCC1. The molecule has 0 aromatic heterocycles. The molecule has 5 heteroatoms. The van der Waals surface area contributed by atoms with Gasteiger partial charge < -0.3 is 15.5 Å². The molecule has 5 nitrogen and oxygen atoms in total. The normalized spacial score (nSPS) is 16.1. The number of nitrogens with one attached hydrogen (secondary N) is 2. The fourth-order valence-corrected chi connectivity index (χ4v) is 3.59. The van der Waals surface area contributed by atoms with Crippen LogP contribution in [-0.4, -0.2) is 48.9 Å². The highest BCUT2D eigenvalue weighted by Gasteiger charge is 2.23. The van der Waals surface area contributed by atoms with Gasteiger partial charge in [-0.1, -0.05) is 38.5 Å². The summed E-state index contributed by atoms with van der Waals surface area (Å²) in [6.45, 7) is 10.1. The summed E-state index contributed by atoms with van der Waals surface area (Å²) in [6, 6.07) is 6.97. The van der Waals surface area contributed by atoms with E-state index in [1.807, 2.05) is 25.1 Å². The number of benzene rings is 1. The predicted octanol–water partition coefficient (Wildman–Crippen LogP) is 3.13. The van der Waals surface area contributed by atoms with Crippen LogP contribution in [-0.2, 0) is 4.79 Å². The Morgan fingerprint density at radius 3 is 2.48 bits per heavy atom. The quantitative estimate of drug-likeness (QED) is 0.654. The first-order valence-electron chi connectivity index (χ1n) is 10.3. The van der Waals surface area contributed by atoms with Gasteiger partial charge in [-0.05, 0) is 69.8 Å². The summed E-state index contributed by atoms with van der Waals surface area (Å²) in [5.74, 6) is 0.0674. The number of piperidine rings is 1. The van der Waals surface area contributed by atoms with Crippen LogP contribution in [0.4, 0.5) is 0 Å². The van der Waals surface area contributed by atoms with Crippen LogP contribution in [0.5, 0.6) is 0 Å². The van der Waals surface area contributed by atoms with E-state index in [4.69, 9.17) is 0 Å². The summed E-state index contributed by atoms with van der Waals surface area (Å²) in [7, 11) is 0. The van der Waals surface area contributed by atoms with Gasteiger partial charge in [-0.25, -0.2) is 0 Å². The number of aryl methyl sites for hydroxylation is 1. The van der Waals surface area contributed by atoms with Crippen molar-refractivity contribution in [1.29, 1.82) is 0 Å². The van der Waals surface area contributed by atoms with Crippen molar-refractivity contribution in [2.24, 2.45) is 5.92 Å². The Balaban J connectivity index is 1.83. The minimum absolute atomic E-state index is 0.0794. The third kappa shape index (κ3) is 7.33. The Bertz CT molecular complexity index is 609. The third-order valence-electron chi connectivity index (χ3n) is 5.12. The van der Waals surface area contributed by atoms with E-state index in [0.29, 0.717) is 24.4 Å². The fourth-order valence-electron chi connectivity index (χ4n) is 3.59. The predicted molar refractivity (Wildman–Crippen MR) is 110 cm³/mol. The molecule has 1 aliphatic heterocycles. The topological polar surface area (TPSA) is 61.4 Å². The Labute approximate surface area is 163 Å². The first kappa shape index (κ1) is 21.4. The molecule has 0 bridgehead atoms. The number of nitrogens with zero attached hydrogens (tertiary/aromatic N) is 1. The van der Waals surface area contributed by atoms with Crippen molar-refractivity contribution < 1.29 is 9.59 Å². The summed E-state index contributed by atoms with van der Waals surface area (Å²) in [6.07, 6.45) is 5.49. The Hall–Kier alpha value is -1.88. The van der Waals surface area contributed by atoms with Gasteiger partial charge >= 0.3 is 0 Å². The zero-order chi connectivity index (χ0) is 19.6. The average molecular weight is 374 g/mol. The van der Waals surface area contributed by atoms with Gasteiger partial charge in [0.05, 0.1) is 0 Å². The van der Waals surface area contributed by atoms with Crippen LogP contribution < -0.4 is 10.6 Å². The molecule has 1 aliphatic rings. The van der Waals surface area contributed by atoms with Crippen LogP contribution in [0.3, 0.4) is 0 Å². The van der Waals surface area contributed by atoms with Crippen molar-refractivity contribution >= 4 is 11.8 Å². The van der Waals surface area contributed by atoms with E-state index in [1.54, 1.807) is 6.07 Å². The standard InChI is InChI=1S/C22H35N3O2/c1-17(2)16-20(24-21(26)19-11-6-5-10-18(19)3)22(27)23-12-9-15-25-13-7-4-8-14-25/h5-6,10-11,17,20H,4,7-9,12-16H2,1-3H3,(H,23,27)(H,24,26). The lowest BCUT2D eigenvalue weighted by Crippen LogP contribution is -2.48. The Morgan fingerprint density at radius 2 is 1.81 bits per heavy atom. The molecule has 1 heterocycles. The van der Waals surface area contributed by atoms with E-state index in [0.717, 1.165) is 18.5 Å². The number of hydrogen-bond acceptors (Lipinski definition) is 3. The molecule has 0 saturated carbocycles. The van der Waals surface area contributed by atoms with Gasteiger partial charge in [0, 0.05) is 12.1 Å². The zero-order valence-electron chi connectivity index (χ0n) is 17.1. The molecule has 150 valence electrons. The van der Waals surface area contributed by atoms with E-state index in [-0.39, 0.29) is 11.8 Å². The number of rotatable bonds is 9. The number of hydrogen-bond donors (Lipinski definition) is 2. The first-order chi connectivity index (χ1) is 13.0. The van der Waals surface area contributed by atoms with Crippen molar-refractivity contribution in [1.82, 2.24) is 15.5 Å². The van der Waals surface area contributed by atoms with Crippen molar-refractivity contribution in [2.45, 2.75) is 58.9 Å². The highest BCUT2D eigenvalue weighted by atomic mass is 16.2. The maximum atomic E-state index is 12.6. The van der Waals surface area contributed by atoms with Crippen LogP contribution in [0.15, 0.2) is 24.3 Å². The lowest BCUT2D eigenvalue weighted by atomic mass is 10.0. The lowest BCUT2D eigenvalue weighted by molar-refractivity contribution is -0.123. The highest BCUT2D eigenvalue weighted by molar-refractivity contribution is 5.98. The van der Waals surface area contributed by atoms with Crippen LogP contribution >= 0.6 is 0 Å². The van der Waals surface area contributed by atoms with E-state index in [2.05, 4.69) is 29.4 Å².